The molecule has 0 aromatic heterocycles. The monoisotopic (exact) mass is 944 g/mol. The highest BCUT2D eigenvalue weighted by Gasteiger charge is 2.76. The largest absolute Gasteiger partial charge is 0.491 e. The van der Waals surface area contributed by atoms with E-state index in [1.54, 1.807) is 24.3 Å². The first-order chi connectivity index (χ1) is 34.3. The molecular formula is C57H60N4O9. The number of rotatable bonds is 13. The Balaban J connectivity index is 1.32. The summed E-state index contributed by atoms with van der Waals surface area (Å²) in [6.07, 6.45) is 2.54. The zero-order valence-electron chi connectivity index (χ0n) is 39.8. The minimum Gasteiger partial charge on any atom is -0.491 e. The van der Waals surface area contributed by atoms with Gasteiger partial charge in [0, 0.05) is 37.9 Å². The normalized spacial score (nSPS) is 23.2. The number of nitrogens with zero attached hydrogens (tertiary/aromatic N) is 4. The number of hydrogen-bond acceptors (Lipinski definition) is 11. The molecule has 4 heterocycles. The number of anilines is 1. The number of para-hydroxylation sites is 1. The molecule has 3 amide bonds. The van der Waals surface area contributed by atoms with Crippen molar-refractivity contribution in [2.75, 3.05) is 65.1 Å². The number of morpholine rings is 1. The Kier molecular flexibility index (Phi) is 15.1. The number of aliphatic hydroxyl groups excluding tert-OH is 1. The number of imide groups is 1. The maximum absolute atomic E-state index is 16.6. The molecule has 4 aliphatic heterocycles. The first-order valence-electron chi connectivity index (χ1n) is 24.3. The molecule has 6 unspecified atom stereocenters. The standard InChI is InChI=1S/C57H60N4O9/c1-58(39-41-20-9-6-10-21-41)31-19-22-40-29-30-46-45(38-40)57(55(65)60(46)56(66)69-37-36-67-2)48(53(63)59-32-17-4-3-5-18-33-59)50-54(64)70-51(43-25-13-8-14-26-43)49(42-23-11-7-12-24-42)61(50)52(57)44-27-15-16-28-47(44)68-35-34-62/h6-16,20-21,23-30,38,48-52,62H,3-5,17-18,31-37,39H2,1-2H3. The minimum absolute atomic E-state index is 0.0754. The topological polar surface area (TPSA) is 138 Å². The summed E-state index contributed by atoms with van der Waals surface area (Å²) in [6.45, 7) is 1.51. The molecule has 362 valence electrons. The fourth-order valence-corrected chi connectivity index (χ4v) is 11.1. The number of amides is 3. The number of aliphatic hydroxyl groups is 1. The molecule has 13 heteroatoms. The zero-order chi connectivity index (χ0) is 48.6. The summed E-state index contributed by atoms with van der Waals surface area (Å²) in [7, 11) is 3.48. The Morgan fingerprint density at radius 3 is 2.14 bits per heavy atom. The third kappa shape index (κ3) is 9.32. The van der Waals surface area contributed by atoms with Crippen molar-refractivity contribution >= 4 is 29.6 Å². The third-order valence-electron chi connectivity index (χ3n) is 14.0. The van der Waals surface area contributed by atoms with Gasteiger partial charge in [0.2, 0.25) is 11.8 Å². The molecular weight excluding hydrogens is 885 g/mol. The van der Waals surface area contributed by atoms with E-state index in [-0.39, 0.29) is 38.0 Å². The molecule has 9 rings (SSSR count). The average Bonchev–Trinajstić information content (AvgIpc) is 3.82. The van der Waals surface area contributed by atoms with Crippen molar-refractivity contribution in [3.05, 3.63) is 167 Å². The van der Waals surface area contributed by atoms with E-state index in [0.29, 0.717) is 48.6 Å². The molecule has 13 nitrogen and oxygen atoms in total. The lowest BCUT2D eigenvalue weighted by Crippen LogP contribution is -2.56. The molecule has 0 bridgehead atoms. The van der Waals surface area contributed by atoms with Crippen LogP contribution in [0.2, 0.25) is 0 Å². The Hall–Kier alpha value is -6.82. The molecule has 6 atom stereocenters. The predicted molar refractivity (Wildman–Crippen MR) is 263 cm³/mol. The maximum Gasteiger partial charge on any atom is 0.421 e. The van der Waals surface area contributed by atoms with Crippen LogP contribution in [0.4, 0.5) is 10.5 Å². The van der Waals surface area contributed by atoms with Crippen molar-refractivity contribution in [2.24, 2.45) is 5.92 Å². The molecule has 70 heavy (non-hydrogen) atoms. The van der Waals surface area contributed by atoms with Crippen molar-refractivity contribution in [1.82, 2.24) is 14.7 Å². The van der Waals surface area contributed by atoms with Gasteiger partial charge < -0.3 is 29.0 Å². The molecule has 5 aromatic carbocycles. The smallest absolute Gasteiger partial charge is 0.421 e. The summed E-state index contributed by atoms with van der Waals surface area (Å²) in [5.74, 6) is 3.79. The number of hydrogen-bond donors (Lipinski definition) is 1. The van der Waals surface area contributed by atoms with Crippen molar-refractivity contribution < 1.29 is 43.2 Å². The maximum atomic E-state index is 16.6. The van der Waals surface area contributed by atoms with Crippen LogP contribution in [0, 0.1) is 17.8 Å². The number of benzene rings is 5. The van der Waals surface area contributed by atoms with Crippen LogP contribution in [0.15, 0.2) is 133 Å². The number of fused-ring (bicyclic) bond motifs is 3. The average molecular weight is 945 g/mol. The summed E-state index contributed by atoms with van der Waals surface area (Å²) >= 11 is 0. The summed E-state index contributed by atoms with van der Waals surface area (Å²) in [5, 5.41) is 10.1. The van der Waals surface area contributed by atoms with Gasteiger partial charge in [-0.2, -0.15) is 0 Å². The Morgan fingerprint density at radius 1 is 0.786 bits per heavy atom. The van der Waals surface area contributed by atoms with Crippen molar-refractivity contribution in [1.29, 1.82) is 0 Å². The lowest BCUT2D eigenvalue weighted by Gasteiger charge is -2.46. The molecule has 0 radical (unpaired) electrons. The van der Waals surface area contributed by atoms with Crippen LogP contribution in [0.5, 0.6) is 5.75 Å². The number of methoxy groups -OCH3 is 1. The SMILES string of the molecule is COCCOC(=O)N1C(=O)C2(c3cc(C#CCN(C)Cc4ccccc4)ccc31)C(C(=O)N1CCCCCCC1)C1C(=O)OC(c3ccccc3)C(c3ccccc3)N1C2c1ccccc1OCCO. The molecule has 1 spiro atoms. The predicted octanol–water partition coefficient (Wildman–Crippen LogP) is 7.78. The molecule has 3 saturated heterocycles. The molecule has 4 aliphatic rings. The van der Waals surface area contributed by atoms with Gasteiger partial charge in [-0.3, -0.25) is 24.2 Å². The Morgan fingerprint density at radius 2 is 1.44 bits per heavy atom. The second-order valence-corrected chi connectivity index (χ2v) is 18.4. The Bertz CT molecular complexity index is 2700. The van der Waals surface area contributed by atoms with Crippen molar-refractivity contribution in [2.45, 2.75) is 68.3 Å². The van der Waals surface area contributed by atoms with Gasteiger partial charge in [0.25, 0.3) is 0 Å². The van der Waals surface area contributed by atoms with E-state index >= 15 is 14.4 Å². The summed E-state index contributed by atoms with van der Waals surface area (Å²) in [6, 6.07) is 38.5. The van der Waals surface area contributed by atoms with Crippen LogP contribution in [-0.4, -0.2) is 110 Å². The zero-order valence-corrected chi connectivity index (χ0v) is 39.8. The van der Waals surface area contributed by atoms with Crippen LogP contribution in [0.25, 0.3) is 0 Å². The number of esters is 1. The number of carbonyl (C=O) groups is 4. The van der Waals surface area contributed by atoms with Gasteiger partial charge in [0.15, 0.2) is 0 Å². The second-order valence-electron chi connectivity index (χ2n) is 18.4. The molecule has 0 aliphatic carbocycles. The highest BCUT2D eigenvalue weighted by molar-refractivity contribution is 6.23. The number of cyclic esters (lactones) is 1. The van der Waals surface area contributed by atoms with Gasteiger partial charge in [-0.05, 0) is 66.4 Å². The van der Waals surface area contributed by atoms with Gasteiger partial charge >= 0.3 is 12.1 Å². The molecule has 3 fully saturated rings. The summed E-state index contributed by atoms with van der Waals surface area (Å²) in [5.41, 5.74) is 2.24. The van der Waals surface area contributed by atoms with Gasteiger partial charge in [-0.15, -0.1) is 0 Å². The Labute approximate surface area is 409 Å². The van der Waals surface area contributed by atoms with E-state index < -0.39 is 53.5 Å². The van der Waals surface area contributed by atoms with E-state index in [9.17, 15) is 9.90 Å². The number of likely N-dealkylation sites (tertiary alicyclic amines) is 1. The third-order valence-corrected chi connectivity index (χ3v) is 14.0. The second kappa shape index (κ2) is 21.9. The summed E-state index contributed by atoms with van der Waals surface area (Å²) in [4.78, 5) is 70.1. The minimum atomic E-state index is -2.00. The first kappa shape index (κ1) is 48.2. The van der Waals surface area contributed by atoms with Crippen LogP contribution in [0.1, 0.15) is 83.7 Å². The van der Waals surface area contributed by atoms with Gasteiger partial charge in [-0.25, -0.2) is 9.69 Å². The summed E-state index contributed by atoms with van der Waals surface area (Å²) < 4.78 is 24.1. The van der Waals surface area contributed by atoms with Crippen LogP contribution >= 0.6 is 0 Å². The van der Waals surface area contributed by atoms with E-state index in [0.717, 1.165) is 53.7 Å². The van der Waals surface area contributed by atoms with E-state index in [1.165, 1.54) is 7.11 Å². The van der Waals surface area contributed by atoms with Crippen molar-refractivity contribution in [3.63, 3.8) is 0 Å². The van der Waals surface area contributed by atoms with Gasteiger partial charge in [0.1, 0.15) is 36.5 Å². The number of carbonyl (C=O) groups excluding carboxylic acids is 4. The highest BCUT2D eigenvalue weighted by Crippen LogP contribution is 2.67. The fourth-order valence-electron chi connectivity index (χ4n) is 11.1. The van der Waals surface area contributed by atoms with Crippen molar-refractivity contribution in [3.8, 4) is 17.6 Å². The first-order valence-corrected chi connectivity index (χ1v) is 24.3. The molecule has 0 saturated carbocycles. The van der Waals surface area contributed by atoms with E-state index in [1.807, 2.05) is 114 Å². The molecule has 5 aromatic rings. The van der Waals surface area contributed by atoms with Crippen LogP contribution < -0.4 is 9.64 Å². The van der Waals surface area contributed by atoms with Gasteiger partial charge in [-0.1, -0.05) is 140 Å². The fraction of sp³-hybridized carbons (Fsp3) is 0.368. The highest BCUT2D eigenvalue weighted by atomic mass is 16.6. The van der Waals surface area contributed by atoms with Gasteiger partial charge in [0.05, 0.1) is 43.4 Å². The van der Waals surface area contributed by atoms with Crippen LogP contribution in [0.3, 0.4) is 0 Å². The van der Waals surface area contributed by atoms with E-state index in [4.69, 9.17) is 18.9 Å². The van der Waals surface area contributed by atoms with Crippen LogP contribution in [-0.2, 0) is 40.6 Å². The lowest BCUT2D eigenvalue weighted by atomic mass is 9.64. The molecule has 1 N–H and O–H groups in total. The lowest BCUT2D eigenvalue weighted by molar-refractivity contribution is -0.179. The number of ether oxygens (including phenoxy) is 4. The van der Waals surface area contributed by atoms with E-state index in [2.05, 4.69) is 28.9 Å². The quantitative estimate of drug-likeness (QED) is 0.0704.